The average molecular weight is 396 g/mol. The number of hydrogen-bond acceptors (Lipinski definition) is 3. The number of carbonyl (C=O) groups excluding carboxylic acids is 2. The summed E-state index contributed by atoms with van der Waals surface area (Å²) in [4.78, 5) is 31.4. The maximum absolute atomic E-state index is 13.0. The Labute approximate surface area is 173 Å². The summed E-state index contributed by atoms with van der Waals surface area (Å²) >= 11 is 0. The van der Waals surface area contributed by atoms with Gasteiger partial charge in [-0.05, 0) is 42.8 Å². The first-order valence-corrected chi connectivity index (χ1v) is 9.95. The van der Waals surface area contributed by atoms with Gasteiger partial charge in [0.1, 0.15) is 17.2 Å². The van der Waals surface area contributed by atoms with Crippen molar-refractivity contribution >= 4 is 29.0 Å². The molecule has 0 unspecified atom stereocenters. The monoisotopic (exact) mass is 396 g/mol. The van der Waals surface area contributed by atoms with Gasteiger partial charge in [-0.3, -0.25) is 14.0 Å². The van der Waals surface area contributed by atoms with Gasteiger partial charge in [-0.25, -0.2) is 4.98 Å². The molecular weight excluding hydrogens is 376 g/mol. The third-order valence-electron chi connectivity index (χ3n) is 5.32. The van der Waals surface area contributed by atoms with Gasteiger partial charge in [-0.1, -0.05) is 36.4 Å². The summed E-state index contributed by atoms with van der Waals surface area (Å²) in [6, 6.07) is 22.7. The normalized spacial score (nSPS) is 13.7. The zero-order chi connectivity index (χ0) is 20.5. The third-order valence-corrected chi connectivity index (χ3v) is 5.32. The van der Waals surface area contributed by atoms with Gasteiger partial charge in [0, 0.05) is 36.0 Å². The Morgan fingerprint density at radius 2 is 1.70 bits per heavy atom. The average Bonchev–Trinajstić information content (AvgIpc) is 3.38. The van der Waals surface area contributed by atoms with Gasteiger partial charge in [0.15, 0.2) is 0 Å². The molecule has 1 saturated heterocycles. The van der Waals surface area contributed by atoms with E-state index in [4.69, 9.17) is 4.98 Å². The van der Waals surface area contributed by atoms with E-state index in [0.717, 1.165) is 35.6 Å². The Morgan fingerprint density at radius 1 is 0.933 bits per heavy atom. The van der Waals surface area contributed by atoms with E-state index in [1.807, 2.05) is 71.3 Å². The van der Waals surface area contributed by atoms with Crippen LogP contribution in [0, 0.1) is 0 Å². The molecule has 2 amide bonds. The standard InChI is InChI=1S/C24H20N4O2/c29-21-10-6-16-27(21)19-13-11-18(12-14-19)24(30)26-23-22(17-7-2-1-3-8-17)25-20-9-4-5-15-28(20)23/h1-5,7-9,11-15H,6,10,16H2,(H,26,30). The van der Waals surface area contributed by atoms with Gasteiger partial charge in [0.05, 0.1) is 0 Å². The Morgan fingerprint density at radius 3 is 2.43 bits per heavy atom. The second-order valence-electron chi connectivity index (χ2n) is 7.25. The molecule has 4 aromatic rings. The molecule has 6 heteroatoms. The number of anilines is 2. The Bertz CT molecular complexity index is 1230. The van der Waals surface area contributed by atoms with Crippen LogP contribution in [-0.2, 0) is 4.79 Å². The van der Waals surface area contributed by atoms with E-state index >= 15 is 0 Å². The Kier molecular flexibility index (Phi) is 4.52. The van der Waals surface area contributed by atoms with Crippen LogP contribution in [0.2, 0.25) is 0 Å². The van der Waals surface area contributed by atoms with E-state index in [9.17, 15) is 9.59 Å². The van der Waals surface area contributed by atoms with Crippen molar-refractivity contribution in [3.63, 3.8) is 0 Å². The summed E-state index contributed by atoms with van der Waals surface area (Å²) < 4.78 is 1.87. The van der Waals surface area contributed by atoms with Crippen LogP contribution in [-0.4, -0.2) is 27.7 Å². The van der Waals surface area contributed by atoms with E-state index in [-0.39, 0.29) is 11.8 Å². The zero-order valence-corrected chi connectivity index (χ0v) is 16.3. The molecule has 0 radical (unpaired) electrons. The Balaban J connectivity index is 1.47. The van der Waals surface area contributed by atoms with E-state index < -0.39 is 0 Å². The van der Waals surface area contributed by atoms with Crippen LogP contribution in [0.4, 0.5) is 11.5 Å². The number of carbonyl (C=O) groups is 2. The highest BCUT2D eigenvalue weighted by Crippen LogP contribution is 2.29. The predicted octanol–water partition coefficient (Wildman–Crippen LogP) is 4.38. The van der Waals surface area contributed by atoms with E-state index in [2.05, 4.69) is 5.32 Å². The SMILES string of the molecule is O=C(Nc1c(-c2ccccc2)nc2ccccn12)c1ccc(N2CCCC2=O)cc1. The number of pyridine rings is 1. The number of imidazole rings is 1. The smallest absolute Gasteiger partial charge is 0.256 e. The lowest BCUT2D eigenvalue weighted by molar-refractivity contribution is -0.117. The van der Waals surface area contributed by atoms with Crippen molar-refractivity contribution in [2.45, 2.75) is 12.8 Å². The zero-order valence-electron chi connectivity index (χ0n) is 16.3. The van der Waals surface area contributed by atoms with Crippen LogP contribution in [0.3, 0.4) is 0 Å². The lowest BCUT2D eigenvalue weighted by atomic mass is 10.1. The molecule has 2 aromatic heterocycles. The fourth-order valence-corrected chi connectivity index (χ4v) is 3.81. The molecule has 0 saturated carbocycles. The van der Waals surface area contributed by atoms with E-state index in [1.165, 1.54) is 0 Å². The number of rotatable bonds is 4. The third kappa shape index (κ3) is 3.22. The minimum absolute atomic E-state index is 0.130. The molecular formula is C24H20N4O2. The number of aromatic nitrogens is 2. The Hall–Kier alpha value is -3.93. The molecule has 2 aromatic carbocycles. The van der Waals surface area contributed by atoms with Crippen molar-refractivity contribution in [1.29, 1.82) is 0 Å². The van der Waals surface area contributed by atoms with Crippen molar-refractivity contribution in [3.05, 3.63) is 84.6 Å². The molecule has 6 nitrogen and oxygen atoms in total. The first-order valence-electron chi connectivity index (χ1n) is 9.95. The number of nitrogens with zero attached hydrogens (tertiary/aromatic N) is 3. The summed E-state index contributed by atoms with van der Waals surface area (Å²) in [7, 11) is 0. The molecule has 0 spiro atoms. The van der Waals surface area contributed by atoms with E-state index in [1.54, 1.807) is 17.0 Å². The molecule has 1 aliphatic rings. The molecule has 0 atom stereocenters. The summed E-state index contributed by atoms with van der Waals surface area (Å²) in [5, 5.41) is 3.03. The summed E-state index contributed by atoms with van der Waals surface area (Å²) in [5.74, 6) is 0.531. The summed E-state index contributed by atoms with van der Waals surface area (Å²) in [5.41, 5.74) is 3.76. The fourth-order valence-electron chi connectivity index (χ4n) is 3.81. The molecule has 1 aliphatic heterocycles. The van der Waals surface area contributed by atoms with Gasteiger partial charge in [0.2, 0.25) is 5.91 Å². The molecule has 0 aliphatic carbocycles. The van der Waals surface area contributed by atoms with Gasteiger partial charge in [0.25, 0.3) is 5.91 Å². The topological polar surface area (TPSA) is 66.7 Å². The highest BCUT2D eigenvalue weighted by atomic mass is 16.2. The molecule has 148 valence electrons. The van der Waals surface area contributed by atoms with Crippen molar-refractivity contribution in [1.82, 2.24) is 9.38 Å². The maximum atomic E-state index is 13.0. The van der Waals surface area contributed by atoms with Crippen molar-refractivity contribution in [2.75, 3.05) is 16.8 Å². The number of nitrogens with one attached hydrogen (secondary N) is 1. The van der Waals surface area contributed by atoms with Crippen molar-refractivity contribution in [3.8, 4) is 11.3 Å². The summed E-state index contributed by atoms with van der Waals surface area (Å²) in [6.45, 7) is 0.729. The van der Waals surface area contributed by atoms with Crippen LogP contribution in [0.25, 0.3) is 16.9 Å². The maximum Gasteiger partial charge on any atom is 0.256 e. The van der Waals surface area contributed by atoms with Crippen molar-refractivity contribution < 1.29 is 9.59 Å². The molecule has 30 heavy (non-hydrogen) atoms. The molecule has 0 bridgehead atoms. The van der Waals surface area contributed by atoms with Crippen LogP contribution < -0.4 is 10.2 Å². The van der Waals surface area contributed by atoms with Gasteiger partial charge >= 0.3 is 0 Å². The number of benzene rings is 2. The van der Waals surface area contributed by atoms with Gasteiger partial charge in [-0.15, -0.1) is 0 Å². The largest absolute Gasteiger partial charge is 0.312 e. The van der Waals surface area contributed by atoms with Crippen LogP contribution in [0.5, 0.6) is 0 Å². The molecule has 1 N–H and O–H groups in total. The molecule has 5 rings (SSSR count). The predicted molar refractivity (Wildman–Crippen MR) is 117 cm³/mol. The summed E-state index contributed by atoms with van der Waals surface area (Å²) in [6.07, 6.45) is 3.34. The highest BCUT2D eigenvalue weighted by Gasteiger charge is 2.22. The first kappa shape index (κ1) is 18.1. The first-order chi connectivity index (χ1) is 14.7. The quantitative estimate of drug-likeness (QED) is 0.557. The van der Waals surface area contributed by atoms with Crippen LogP contribution in [0.15, 0.2) is 79.0 Å². The highest BCUT2D eigenvalue weighted by molar-refractivity contribution is 6.06. The van der Waals surface area contributed by atoms with Crippen LogP contribution in [0.1, 0.15) is 23.2 Å². The molecule has 1 fully saturated rings. The number of fused-ring (bicyclic) bond motifs is 1. The fraction of sp³-hybridized carbons (Fsp3) is 0.125. The van der Waals surface area contributed by atoms with Crippen molar-refractivity contribution in [2.24, 2.45) is 0 Å². The van der Waals surface area contributed by atoms with Gasteiger partial charge in [-0.2, -0.15) is 0 Å². The van der Waals surface area contributed by atoms with Gasteiger partial charge < -0.3 is 10.2 Å². The van der Waals surface area contributed by atoms with E-state index in [0.29, 0.717) is 17.8 Å². The second-order valence-corrected chi connectivity index (χ2v) is 7.25. The minimum Gasteiger partial charge on any atom is -0.312 e. The lowest BCUT2D eigenvalue weighted by Gasteiger charge is -2.16. The number of amides is 2. The van der Waals surface area contributed by atoms with Crippen LogP contribution >= 0.6 is 0 Å². The lowest BCUT2D eigenvalue weighted by Crippen LogP contribution is -2.23. The molecule has 3 heterocycles. The minimum atomic E-state index is -0.225. The number of hydrogen-bond donors (Lipinski definition) is 1. The second kappa shape index (κ2) is 7.48.